The van der Waals surface area contributed by atoms with Crippen molar-refractivity contribution in [2.45, 2.75) is 26.7 Å². The largest absolute Gasteiger partial charge is 0.321 e. The predicted molar refractivity (Wildman–Crippen MR) is 126 cm³/mol. The zero-order valence-corrected chi connectivity index (χ0v) is 19.1. The molecule has 2 heterocycles. The molecule has 2 aromatic heterocycles. The van der Waals surface area contributed by atoms with Gasteiger partial charge in [0.15, 0.2) is 5.82 Å². The maximum absolute atomic E-state index is 13.0. The van der Waals surface area contributed by atoms with Crippen molar-refractivity contribution in [3.05, 3.63) is 82.2 Å². The molecule has 0 bridgehead atoms. The third kappa shape index (κ3) is 4.56. The normalized spacial score (nSPS) is 11.0. The molecule has 1 amide bonds. The molecule has 6 nitrogen and oxygen atoms in total. The second kappa shape index (κ2) is 8.81. The van der Waals surface area contributed by atoms with Crippen molar-refractivity contribution in [2.75, 3.05) is 5.32 Å². The highest BCUT2D eigenvalue weighted by Gasteiger charge is 2.16. The molecule has 0 atom stereocenters. The second-order valence-corrected chi connectivity index (χ2v) is 8.45. The summed E-state index contributed by atoms with van der Waals surface area (Å²) in [4.78, 5) is 22.2. The van der Waals surface area contributed by atoms with Crippen LogP contribution in [-0.4, -0.2) is 26.1 Å². The van der Waals surface area contributed by atoms with Crippen molar-refractivity contribution in [3.8, 4) is 22.6 Å². The van der Waals surface area contributed by atoms with E-state index in [2.05, 4.69) is 41.4 Å². The van der Waals surface area contributed by atoms with Crippen LogP contribution in [0.15, 0.2) is 65.1 Å². The monoisotopic (exact) mass is 475 g/mol. The number of benzene rings is 2. The first-order chi connectivity index (χ1) is 14.9. The van der Waals surface area contributed by atoms with E-state index in [0.29, 0.717) is 22.8 Å². The lowest BCUT2D eigenvalue weighted by atomic mass is 10.1. The molecule has 0 saturated heterocycles. The molecule has 31 heavy (non-hydrogen) atoms. The second-order valence-electron chi connectivity index (χ2n) is 7.54. The molecule has 0 spiro atoms. The van der Waals surface area contributed by atoms with Gasteiger partial charge in [-0.2, -0.15) is 5.10 Å². The molecular formula is C24H22BrN5O. The van der Waals surface area contributed by atoms with Crippen LogP contribution in [0.5, 0.6) is 0 Å². The lowest BCUT2D eigenvalue weighted by Gasteiger charge is -2.11. The van der Waals surface area contributed by atoms with Crippen molar-refractivity contribution in [2.24, 2.45) is 0 Å². The third-order valence-corrected chi connectivity index (χ3v) is 5.41. The quantitative estimate of drug-likeness (QED) is 0.371. The van der Waals surface area contributed by atoms with Crippen LogP contribution in [0.1, 0.15) is 41.6 Å². The lowest BCUT2D eigenvalue weighted by molar-refractivity contribution is 0.102. The molecule has 156 valence electrons. The number of aromatic nitrogens is 4. The van der Waals surface area contributed by atoms with E-state index >= 15 is 0 Å². The number of rotatable bonds is 5. The molecule has 2 N–H and O–H groups in total. The summed E-state index contributed by atoms with van der Waals surface area (Å²) in [7, 11) is 0. The van der Waals surface area contributed by atoms with Gasteiger partial charge in [0.25, 0.3) is 5.91 Å². The van der Waals surface area contributed by atoms with E-state index in [4.69, 9.17) is 0 Å². The van der Waals surface area contributed by atoms with E-state index in [1.807, 2.05) is 75.4 Å². The number of nitrogens with one attached hydrogen (secondary N) is 2. The topological polar surface area (TPSA) is 83.6 Å². The highest BCUT2D eigenvalue weighted by atomic mass is 79.9. The fraction of sp³-hybridized carbons (Fsp3) is 0.167. The summed E-state index contributed by atoms with van der Waals surface area (Å²) in [5, 5.41) is 10.3. The standard InChI is InChI=1S/C24H22BrN5O/c1-14(2)22-28-23(30-29-22)19-9-4-5-10-21(19)27-24(31)18-11-12-20(26-15(18)3)16-7-6-8-17(25)13-16/h4-14H,1-3H3,(H,27,31)(H,28,29,30). The molecule has 0 unspecified atom stereocenters. The fourth-order valence-corrected chi connectivity index (χ4v) is 3.64. The van der Waals surface area contributed by atoms with Crippen LogP contribution in [0.3, 0.4) is 0 Å². The van der Waals surface area contributed by atoms with Crippen LogP contribution < -0.4 is 5.32 Å². The van der Waals surface area contributed by atoms with Gasteiger partial charge in [-0.3, -0.25) is 14.9 Å². The Balaban J connectivity index is 1.60. The van der Waals surface area contributed by atoms with Gasteiger partial charge >= 0.3 is 0 Å². The van der Waals surface area contributed by atoms with Crippen molar-refractivity contribution < 1.29 is 4.79 Å². The molecule has 0 aliphatic rings. The van der Waals surface area contributed by atoms with Gasteiger partial charge in [-0.1, -0.05) is 54.0 Å². The molecule has 0 aliphatic carbocycles. The summed E-state index contributed by atoms with van der Waals surface area (Å²) in [5.41, 5.74) is 4.39. The Morgan fingerprint density at radius 2 is 1.84 bits per heavy atom. The van der Waals surface area contributed by atoms with E-state index in [-0.39, 0.29) is 11.8 Å². The van der Waals surface area contributed by atoms with Gasteiger partial charge in [0, 0.05) is 21.5 Å². The molecule has 4 aromatic rings. The Morgan fingerprint density at radius 1 is 1.03 bits per heavy atom. The van der Waals surface area contributed by atoms with Crippen LogP contribution in [0.4, 0.5) is 5.69 Å². The smallest absolute Gasteiger partial charge is 0.257 e. The Kier molecular flexibility index (Phi) is 5.95. The van der Waals surface area contributed by atoms with Gasteiger partial charge in [0.2, 0.25) is 0 Å². The first-order valence-corrected chi connectivity index (χ1v) is 10.8. The average molecular weight is 476 g/mol. The Morgan fingerprint density at radius 3 is 2.55 bits per heavy atom. The minimum absolute atomic E-state index is 0.224. The number of para-hydroxylation sites is 1. The Hall–Kier alpha value is -3.32. The number of hydrogen-bond donors (Lipinski definition) is 2. The number of pyridine rings is 1. The van der Waals surface area contributed by atoms with Crippen molar-refractivity contribution in [3.63, 3.8) is 0 Å². The zero-order chi connectivity index (χ0) is 22.0. The fourth-order valence-electron chi connectivity index (χ4n) is 3.24. The summed E-state index contributed by atoms with van der Waals surface area (Å²) in [6.07, 6.45) is 0. The third-order valence-electron chi connectivity index (χ3n) is 4.92. The van der Waals surface area contributed by atoms with Gasteiger partial charge in [-0.25, -0.2) is 4.98 Å². The Bertz CT molecular complexity index is 1250. The summed E-state index contributed by atoms with van der Waals surface area (Å²) in [6.45, 7) is 5.93. The number of anilines is 1. The number of aryl methyl sites for hydroxylation is 1. The number of carbonyl (C=O) groups excluding carboxylic acids is 1. The molecule has 0 saturated carbocycles. The van der Waals surface area contributed by atoms with Crippen molar-refractivity contribution in [1.29, 1.82) is 0 Å². The van der Waals surface area contributed by atoms with Gasteiger partial charge in [-0.05, 0) is 43.3 Å². The lowest BCUT2D eigenvalue weighted by Crippen LogP contribution is -2.15. The van der Waals surface area contributed by atoms with E-state index in [1.165, 1.54) is 0 Å². The molecule has 2 aromatic carbocycles. The van der Waals surface area contributed by atoms with Crippen molar-refractivity contribution in [1.82, 2.24) is 20.2 Å². The van der Waals surface area contributed by atoms with Gasteiger partial charge < -0.3 is 5.32 Å². The van der Waals surface area contributed by atoms with Crippen molar-refractivity contribution >= 4 is 27.5 Å². The van der Waals surface area contributed by atoms with Gasteiger partial charge in [-0.15, -0.1) is 0 Å². The summed E-state index contributed by atoms with van der Waals surface area (Å²) < 4.78 is 0.982. The summed E-state index contributed by atoms with van der Waals surface area (Å²) in [6, 6.07) is 19.1. The number of carbonyl (C=O) groups is 1. The first-order valence-electron chi connectivity index (χ1n) is 9.99. The van der Waals surface area contributed by atoms with Gasteiger partial charge in [0.05, 0.1) is 22.6 Å². The molecule has 0 radical (unpaired) electrons. The highest BCUT2D eigenvalue weighted by molar-refractivity contribution is 9.10. The molecule has 7 heteroatoms. The number of aromatic amines is 1. The first kappa shape index (κ1) is 20.9. The number of amides is 1. The van der Waals surface area contributed by atoms with Crippen LogP contribution >= 0.6 is 15.9 Å². The highest BCUT2D eigenvalue weighted by Crippen LogP contribution is 2.27. The number of halogens is 1. The zero-order valence-electron chi connectivity index (χ0n) is 17.5. The maximum Gasteiger partial charge on any atom is 0.257 e. The van der Waals surface area contributed by atoms with Crippen LogP contribution in [0.25, 0.3) is 22.6 Å². The number of hydrogen-bond acceptors (Lipinski definition) is 4. The minimum Gasteiger partial charge on any atom is -0.321 e. The average Bonchev–Trinajstić information content (AvgIpc) is 3.24. The number of H-pyrrole nitrogens is 1. The molecule has 0 aliphatic heterocycles. The van der Waals surface area contributed by atoms with Crippen LogP contribution in [0, 0.1) is 6.92 Å². The van der Waals surface area contributed by atoms with Gasteiger partial charge in [0.1, 0.15) is 5.82 Å². The molecular weight excluding hydrogens is 454 g/mol. The Labute approximate surface area is 189 Å². The predicted octanol–water partition coefficient (Wildman–Crippen LogP) is 5.98. The number of nitrogens with zero attached hydrogens (tertiary/aromatic N) is 3. The van der Waals surface area contributed by atoms with E-state index < -0.39 is 0 Å². The molecule has 0 fully saturated rings. The van der Waals surface area contributed by atoms with Crippen LogP contribution in [0.2, 0.25) is 0 Å². The van der Waals surface area contributed by atoms with E-state index in [1.54, 1.807) is 6.07 Å². The minimum atomic E-state index is -0.224. The summed E-state index contributed by atoms with van der Waals surface area (Å²) in [5.74, 6) is 1.37. The summed E-state index contributed by atoms with van der Waals surface area (Å²) >= 11 is 3.48. The SMILES string of the molecule is Cc1nc(-c2cccc(Br)c2)ccc1C(=O)Nc1ccccc1-c1n[nH]c(C(C)C)n1. The maximum atomic E-state index is 13.0. The van der Waals surface area contributed by atoms with Crippen LogP contribution in [-0.2, 0) is 0 Å². The van der Waals surface area contributed by atoms with E-state index in [9.17, 15) is 4.79 Å². The van der Waals surface area contributed by atoms with E-state index in [0.717, 1.165) is 27.1 Å². The molecule has 4 rings (SSSR count).